The van der Waals surface area contributed by atoms with Crippen LogP contribution in [-0.2, 0) is 11.3 Å². The van der Waals surface area contributed by atoms with Crippen molar-refractivity contribution in [2.45, 2.75) is 19.5 Å². The highest BCUT2D eigenvalue weighted by atomic mass is 16.5. The molecule has 1 unspecified atom stereocenters. The van der Waals surface area contributed by atoms with Gasteiger partial charge in [0, 0.05) is 11.9 Å². The van der Waals surface area contributed by atoms with Crippen molar-refractivity contribution < 1.29 is 23.8 Å². The first-order valence-corrected chi connectivity index (χ1v) is 11.1. The van der Waals surface area contributed by atoms with Crippen molar-refractivity contribution in [3.05, 3.63) is 113 Å². The van der Waals surface area contributed by atoms with Crippen LogP contribution in [0.4, 0.5) is 0 Å². The van der Waals surface area contributed by atoms with Crippen LogP contribution >= 0.6 is 0 Å². The number of ether oxygens (including phenoxy) is 1. The number of hydrogen-bond acceptors (Lipinski definition) is 5. The first kappa shape index (κ1) is 21.5. The summed E-state index contributed by atoms with van der Waals surface area (Å²) < 4.78 is 11.3. The molecule has 6 nitrogen and oxygen atoms in total. The monoisotopic (exact) mass is 453 g/mol. The molecule has 1 aromatic heterocycles. The van der Waals surface area contributed by atoms with Crippen molar-refractivity contribution in [1.82, 2.24) is 4.90 Å². The van der Waals surface area contributed by atoms with E-state index in [2.05, 4.69) is 0 Å². The van der Waals surface area contributed by atoms with E-state index in [0.29, 0.717) is 23.5 Å². The van der Waals surface area contributed by atoms with Gasteiger partial charge in [0.05, 0.1) is 18.2 Å². The van der Waals surface area contributed by atoms with Crippen LogP contribution in [0.1, 0.15) is 34.6 Å². The maximum Gasteiger partial charge on any atom is 0.290 e. The van der Waals surface area contributed by atoms with E-state index in [1.165, 1.54) is 4.90 Å². The predicted octanol–water partition coefficient (Wildman–Crippen LogP) is 5.61. The number of carbonyl (C=O) groups is 2. The molecule has 1 aliphatic heterocycles. The van der Waals surface area contributed by atoms with Gasteiger partial charge in [-0.05, 0) is 42.3 Å². The summed E-state index contributed by atoms with van der Waals surface area (Å²) in [4.78, 5) is 28.3. The predicted molar refractivity (Wildman–Crippen MR) is 128 cm³/mol. The maximum atomic E-state index is 13.6. The third kappa shape index (κ3) is 3.83. The van der Waals surface area contributed by atoms with E-state index in [9.17, 15) is 14.7 Å². The normalized spacial score (nSPS) is 15.9. The molecule has 0 saturated heterocycles. The number of aliphatic hydroxyl groups excluding tert-OH is 1. The van der Waals surface area contributed by atoms with Crippen LogP contribution in [0.2, 0.25) is 0 Å². The summed E-state index contributed by atoms with van der Waals surface area (Å²) in [7, 11) is 0. The number of amides is 1. The van der Waals surface area contributed by atoms with Crippen molar-refractivity contribution in [2.24, 2.45) is 0 Å². The fraction of sp³-hybridized carbons (Fsp3) is 0.143. The summed E-state index contributed by atoms with van der Waals surface area (Å²) in [5.74, 6) is -0.907. The zero-order valence-electron chi connectivity index (χ0n) is 18.6. The quantitative estimate of drug-likeness (QED) is 0.368. The first-order valence-electron chi connectivity index (χ1n) is 11.1. The molecule has 34 heavy (non-hydrogen) atoms. The number of fused-ring (bicyclic) bond motifs is 1. The van der Waals surface area contributed by atoms with E-state index >= 15 is 0 Å². The molecule has 1 atom stereocenters. The molecule has 1 amide bonds. The molecule has 0 saturated carbocycles. The number of furan rings is 1. The molecule has 170 valence electrons. The van der Waals surface area contributed by atoms with Gasteiger partial charge in [-0.25, -0.2) is 0 Å². The third-order valence-electron chi connectivity index (χ3n) is 5.90. The fourth-order valence-corrected chi connectivity index (χ4v) is 4.31. The highest BCUT2D eigenvalue weighted by Gasteiger charge is 2.44. The van der Waals surface area contributed by atoms with Gasteiger partial charge in [-0.15, -0.1) is 0 Å². The summed E-state index contributed by atoms with van der Waals surface area (Å²) in [5, 5.41) is 11.7. The lowest BCUT2D eigenvalue weighted by Crippen LogP contribution is -2.30. The van der Waals surface area contributed by atoms with Crippen molar-refractivity contribution in [3.8, 4) is 5.75 Å². The standard InChI is InChI=1S/C28H23NO5/c1-2-33-21-14-12-19(13-15-21)25-24(26(30)23-16-20-10-6-7-11-22(20)34-23)27(31)28(32)29(25)17-18-8-4-3-5-9-18/h3-16,25,31H,2,17H2,1H3. The Hall–Kier alpha value is -4.32. The highest BCUT2D eigenvalue weighted by Crippen LogP contribution is 2.41. The van der Waals surface area contributed by atoms with Crippen LogP contribution in [0.5, 0.6) is 5.75 Å². The number of hydrogen-bond donors (Lipinski definition) is 1. The molecule has 0 radical (unpaired) electrons. The van der Waals surface area contributed by atoms with E-state index in [0.717, 1.165) is 10.9 Å². The summed E-state index contributed by atoms with van der Waals surface area (Å²) in [5.41, 5.74) is 2.14. The van der Waals surface area contributed by atoms with Crippen molar-refractivity contribution in [2.75, 3.05) is 6.61 Å². The van der Waals surface area contributed by atoms with Crippen molar-refractivity contribution >= 4 is 22.7 Å². The molecule has 0 spiro atoms. The van der Waals surface area contributed by atoms with Crippen LogP contribution in [0.25, 0.3) is 11.0 Å². The number of para-hydroxylation sites is 1. The molecule has 0 bridgehead atoms. The van der Waals surface area contributed by atoms with Gasteiger partial charge in [-0.2, -0.15) is 0 Å². The second-order valence-corrected chi connectivity index (χ2v) is 8.06. The first-order chi connectivity index (χ1) is 16.6. The lowest BCUT2D eigenvalue weighted by atomic mass is 9.94. The molecule has 0 fully saturated rings. The number of rotatable bonds is 7. The Kier molecular flexibility index (Phi) is 5.64. The highest BCUT2D eigenvalue weighted by molar-refractivity contribution is 6.16. The van der Waals surface area contributed by atoms with Crippen LogP contribution in [0, 0.1) is 0 Å². The van der Waals surface area contributed by atoms with Crippen molar-refractivity contribution in [1.29, 1.82) is 0 Å². The molecule has 4 aromatic rings. The molecule has 2 heterocycles. The maximum absolute atomic E-state index is 13.6. The minimum atomic E-state index is -0.774. The molecule has 1 N–H and O–H groups in total. The van der Waals surface area contributed by atoms with Gasteiger partial charge in [0.25, 0.3) is 5.91 Å². The number of Topliss-reactive ketones (excluding diaryl/α,β-unsaturated/α-hetero) is 1. The van der Waals surface area contributed by atoms with Gasteiger partial charge >= 0.3 is 0 Å². The van der Waals surface area contributed by atoms with Gasteiger partial charge in [0.15, 0.2) is 11.5 Å². The van der Waals surface area contributed by atoms with Gasteiger partial charge in [-0.3, -0.25) is 9.59 Å². The van der Waals surface area contributed by atoms with Crippen LogP contribution in [0.3, 0.4) is 0 Å². The zero-order valence-corrected chi connectivity index (χ0v) is 18.6. The van der Waals surface area contributed by atoms with E-state index in [1.54, 1.807) is 24.3 Å². The molecule has 1 aliphatic rings. The third-order valence-corrected chi connectivity index (χ3v) is 5.90. The Bertz CT molecular complexity index is 1350. The van der Waals surface area contributed by atoms with E-state index < -0.39 is 23.5 Å². The summed E-state index contributed by atoms with van der Waals surface area (Å²) in [6.07, 6.45) is 0. The lowest BCUT2D eigenvalue weighted by molar-refractivity contribution is -0.130. The topological polar surface area (TPSA) is 80.0 Å². The average molecular weight is 453 g/mol. The van der Waals surface area contributed by atoms with Gasteiger partial charge in [0.2, 0.25) is 5.78 Å². The smallest absolute Gasteiger partial charge is 0.290 e. The van der Waals surface area contributed by atoms with Crippen LogP contribution < -0.4 is 4.74 Å². The number of ketones is 1. The van der Waals surface area contributed by atoms with E-state index in [-0.39, 0.29) is 17.9 Å². The minimum Gasteiger partial charge on any atom is -0.503 e. The summed E-state index contributed by atoms with van der Waals surface area (Å²) in [6.45, 7) is 2.66. The Morgan fingerprint density at radius 1 is 1.00 bits per heavy atom. The van der Waals surface area contributed by atoms with Crippen LogP contribution in [0.15, 0.2) is 101 Å². The fourth-order valence-electron chi connectivity index (χ4n) is 4.31. The molecule has 3 aromatic carbocycles. The second-order valence-electron chi connectivity index (χ2n) is 8.06. The average Bonchev–Trinajstić information content (AvgIpc) is 3.40. The molecule has 5 rings (SSSR count). The summed E-state index contributed by atoms with van der Waals surface area (Å²) >= 11 is 0. The molecule has 6 heteroatoms. The van der Waals surface area contributed by atoms with E-state index in [4.69, 9.17) is 9.15 Å². The Labute approximate surface area is 196 Å². The van der Waals surface area contributed by atoms with Gasteiger partial charge in [0.1, 0.15) is 11.3 Å². The Morgan fingerprint density at radius 2 is 1.71 bits per heavy atom. The zero-order chi connectivity index (χ0) is 23.7. The van der Waals surface area contributed by atoms with Crippen molar-refractivity contribution in [3.63, 3.8) is 0 Å². The largest absolute Gasteiger partial charge is 0.503 e. The van der Waals surface area contributed by atoms with Gasteiger partial charge in [-0.1, -0.05) is 60.7 Å². The molecule has 0 aliphatic carbocycles. The number of nitrogens with zero attached hydrogens (tertiary/aromatic N) is 1. The SMILES string of the molecule is CCOc1ccc(C2C(C(=O)c3cc4ccccc4o3)=C(O)C(=O)N2Cc2ccccc2)cc1. The molecular weight excluding hydrogens is 430 g/mol. The Balaban J connectivity index is 1.58. The van der Waals surface area contributed by atoms with Crippen LogP contribution in [-0.4, -0.2) is 28.3 Å². The number of benzene rings is 3. The molecular formula is C28H23NO5. The number of carbonyl (C=O) groups excluding carboxylic acids is 2. The Morgan fingerprint density at radius 3 is 2.41 bits per heavy atom. The van der Waals surface area contributed by atoms with Gasteiger partial charge < -0.3 is 19.2 Å². The second kappa shape index (κ2) is 8.90. The lowest BCUT2D eigenvalue weighted by Gasteiger charge is -2.27. The number of aliphatic hydroxyl groups is 1. The summed E-state index contributed by atoms with van der Waals surface area (Å²) in [6, 6.07) is 24.8. The minimum absolute atomic E-state index is 0.00384. The van der Waals surface area contributed by atoms with E-state index in [1.807, 2.05) is 67.6 Å².